The molecule has 0 aromatic carbocycles. The van der Waals surface area contributed by atoms with Crippen LogP contribution in [0.3, 0.4) is 0 Å². The maximum atomic E-state index is 12.0. The Kier molecular flexibility index (Phi) is 4.44. The Morgan fingerprint density at radius 1 is 1.41 bits per heavy atom. The molecule has 0 bridgehead atoms. The minimum absolute atomic E-state index is 0.144. The highest BCUT2D eigenvalue weighted by Gasteiger charge is 2.29. The van der Waals surface area contributed by atoms with E-state index in [-0.39, 0.29) is 5.56 Å². The van der Waals surface area contributed by atoms with Crippen molar-refractivity contribution < 1.29 is 5.11 Å². The third-order valence-electron chi connectivity index (χ3n) is 4.16. The van der Waals surface area contributed by atoms with E-state index in [0.29, 0.717) is 16.6 Å². The van der Waals surface area contributed by atoms with Gasteiger partial charge in [-0.15, -0.1) is 5.10 Å². The Hall–Kier alpha value is -1.47. The fourth-order valence-electron chi connectivity index (χ4n) is 2.94. The first-order chi connectivity index (χ1) is 10.6. The lowest BCUT2D eigenvalue weighted by Crippen LogP contribution is -2.38. The van der Waals surface area contributed by atoms with E-state index in [1.807, 2.05) is 0 Å². The monoisotopic (exact) mass is 322 g/mol. The number of nitrogens with one attached hydrogen (secondary N) is 1. The van der Waals surface area contributed by atoms with Crippen LogP contribution in [0.2, 0.25) is 0 Å². The van der Waals surface area contributed by atoms with Crippen LogP contribution in [0.4, 0.5) is 5.13 Å². The fourth-order valence-corrected chi connectivity index (χ4v) is 3.76. The number of aryl methyl sites for hydroxylation is 1. The van der Waals surface area contributed by atoms with E-state index >= 15 is 0 Å². The second-order valence-corrected chi connectivity index (χ2v) is 7.03. The van der Waals surface area contributed by atoms with Gasteiger partial charge in [0.05, 0.1) is 5.60 Å². The van der Waals surface area contributed by atoms with Gasteiger partial charge in [0.15, 0.2) is 0 Å². The highest BCUT2D eigenvalue weighted by atomic mass is 32.1. The molecule has 2 N–H and O–H groups in total. The van der Waals surface area contributed by atoms with Crippen LogP contribution in [0.25, 0.3) is 4.96 Å². The summed E-state index contributed by atoms with van der Waals surface area (Å²) in [6.45, 7) is 2.54. The van der Waals surface area contributed by atoms with E-state index < -0.39 is 5.60 Å². The van der Waals surface area contributed by atoms with Gasteiger partial charge in [0.1, 0.15) is 0 Å². The molecule has 0 unspecified atom stereocenters. The largest absolute Gasteiger partial charge is 0.388 e. The number of aromatic nitrogens is 3. The van der Waals surface area contributed by atoms with Crippen molar-refractivity contribution in [2.45, 2.75) is 57.5 Å². The van der Waals surface area contributed by atoms with E-state index in [2.05, 4.69) is 22.3 Å². The first-order valence-electron chi connectivity index (χ1n) is 7.96. The minimum Gasteiger partial charge on any atom is -0.388 e. The molecule has 2 heterocycles. The topological polar surface area (TPSA) is 79.5 Å². The zero-order valence-electron chi connectivity index (χ0n) is 12.8. The van der Waals surface area contributed by atoms with Crippen molar-refractivity contribution in [3.05, 3.63) is 22.1 Å². The molecule has 2 aromatic heterocycles. The van der Waals surface area contributed by atoms with Crippen molar-refractivity contribution in [1.29, 1.82) is 0 Å². The van der Waals surface area contributed by atoms with Crippen molar-refractivity contribution in [2.24, 2.45) is 0 Å². The van der Waals surface area contributed by atoms with Crippen molar-refractivity contribution in [2.75, 3.05) is 11.9 Å². The Bertz CT molecular complexity index is 703. The zero-order chi connectivity index (χ0) is 15.6. The van der Waals surface area contributed by atoms with Crippen molar-refractivity contribution in [3.63, 3.8) is 0 Å². The lowest BCUT2D eigenvalue weighted by atomic mass is 9.85. The summed E-state index contributed by atoms with van der Waals surface area (Å²) in [6, 6.07) is 1.55. The van der Waals surface area contributed by atoms with Crippen molar-refractivity contribution in [3.8, 4) is 0 Å². The smallest absolute Gasteiger partial charge is 0.275 e. The molecule has 0 atom stereocenters. The van der Waals surface area contributed by atoms with Gasteiger partial charge >= 0.3 is 0 Å². The molecule has 120 valence electrons. The Morgan fingerprint density at radius 3 is 2.91 bits per heavy atom. The zero-order valence-corrected chi connectivity index (χ0v) is 13.7. The van der Waals surface area contributed by atoms with Crippen molar-refractivity contribution in [1.82, 2.24) is 14.6 Å². The van der Waals surface area contributed by atoms with Gasteiger partial charge < -0.3 is 10.4 Å². The van der Waals surface area contributed by atoms with Crippen LogP contribution < -0.4 is 10.9 Å². The Labute approximate surface area is 133 Å². The standard InChI is InChI=1S/C15H22N4O2S/c1-2-6-11-9-12(20)19-14(17-11)22-13(18-19)16-10-15(21)7-4-3-5-8-15/h9,21H,2-8,10H2,1H3,(H,16,18). The molecular formula is C15H22N4O2S. The molecule has 0 spiro atoms. The van der Waals surface area contributed by atoms with E-state index in [4.69, 9.17) is 0 Å². The maximum Gasteiger partial charge on any atom is 0.275 e. The second-order valence-electron chi connectivity index (χ2n) is 6.08. The summed E-state index contributed by atoms with van der Waals surface area (Å²) >= 11 is 1.36. The van der Waals surface area contributed by atoms with Gasteiger partial charge in [-0.3, -0.25) is 4.79 Å². The molecule has 0 aliphatic heterocycles. The lowest BCUT2D eigenvalue weighted by Gasteiger charge is -2.31. The molecule has 1 aliphatic rings. The molecule has 1 aliphatic carbocycles. The fraction of sp³-hybridized carbons (Fsp3) is 0.667. The third kappa shape index (κ3) is 3.30. The van der Waals surface area contributed by atoms with Crippen LogP contribution in [-0.4, -0.2) is 31.9 Å². The number of hydrogen-bond donors (Lipinski definition) is 2. The van der Waals surface area contributed by atoms with E-state index in [9.17, 15) is 9.90 Å². The first-order valence-corrected chi connectivity index (χ1v) is 8.77. The number of aliphatic hydroxyl groups is 1. The van der Waals surface area contributed by atoms with Gasteiger partial charge in [0, 0.05) is 18.3 Å². The molecule has 3 rings (SSSR count). The van der Waals surface area contributed by atoms with Gasteiger partial charge in [0.25, 0.3) is 5.56 Å². The van der Waals surface area contributed by atoms with Gasteiger partial charge in [-0.25, -0.2) is 4.98 Å². The number of hydrogen-bond acceptors (Lipinski definition) is 6. The van der Waals surface area contributed by atoms with Gasteiger partial charge in [0.2, 0.25) is 10.1 Å². The molecule has 2 aromatic rings. The van der Waals surface area contributed by atoms with Crippen LogP contribution in [0.15, 0.2) is 10.9 Å². The summed E-state index contributed by atoms with van der Waals surface area (Å²) in [6.07, 6.45) is 6.74. The van der Waals surface area contributed by atoms with Crippen LogP contribution in [0.5, 0.6) is 0 Å². The molecule has 1 saturated carbocycles. The number of anilines is 1. The van der Waals surface area contributed by atoms with Crippen molar-refractivity contribution >= 4 is 21.4 Å². The SMILES string of the molecule is CCCc1cc(=O)n2nc(NCC3(O)CCCCC3)sc2n1. The van der Waals surface area contributed by atoms with E-state index in [1.54, 1.807) is 6.07 Å². The summed E-state index contributed by atoms with van der Waals surface area (Å²) < 4.78 is 1.33. The highest BCUT2D eigenvalue weighted by molar-refractivity contribution is 7.20. The van der Waals surface area contributed by atoms with Crippen LogP contribution in [0, 0.1) is 0 Å². The summed E-state index contributed by atoms with van der Waals surface area (Å²) in [5.41, 5.74) is 0.0183. The molecule has 6 nitrogen and oxygen atoms in total. The average molecular weight is 322 g/mol. The summed E-state index contributed by atoms with van der Waals surface area (Å²) in [4.78, 5) is 17.1. The first kappa shape index (κ1) is 15.4. The Balaban J connectivity index is 1.77. The van der Waals surface area contributed by atoms with E-state index in [0.717, 1.165) is 44.2 Å². The van der Waals surface area contributed by atoms with Crippen LogP contribution >= 0.6 is 11.3 Å². The summed E-state index contributed by atoms with van der Waals surface area (Å²) in [7, 11) is 0. The normalized spacial score (nSPS) is 17.7. The maximum absolute atomic E-state index is 12.0. The van der Waals surface area contributed by atoms with Gasteiger partial charge in [-0.05, 0) is 19.3 Å². The number of rotatable bonds is 5. The lowest BCUT2D eigenvalue weighted by molar-refractivity contribution is 0.0167. The highest BCUT2D eigenvalue weighted by Crippen LogP contribution is 2.28. The predicted octanol–water partition coefficient (Wildman–Crippen LogP) is 2.21. The minimum atomic E-state index is -0.651. The second kappa shape index (κ2) is 6.34. The van der Waals surface area contributed by atoms with E-state index in [1.165, 1.54) is 22.3 Å². The molecule has 22 heavy (non-hydrogen) atoms. The molecular weight excluding hydrogens is 300 g/mol. The summed E-state index contributed by atoms with van der Waals surface area (Å²) in [5.74, 6) is 0. The average Bonchev–Trinajstić information content (AvgIpc) is 2.90. The summed E-state index contributed by atoms with van der Waals surface area (Å²) in [5, 5.41) is 18.6. The molecule has 7 heteroatoms. The third-order valence-corrected chi connectivity index (χ3v) is 5.02. The molecule has 0 saturated heterocycles. The van der Waals surface area contributed by atoms with Crippen LogP contribution in [0.1, 0.15) is 51.1 Å². The molecule has 1 fully saturated rings. The molecule has 0 radical (unpaired) electrons. The Morgan fingerprint density at radius 2 is 2.18 bits per heavy atom. The number of nitrogens with zero attached hydrogens (tertiary/aromatic N) is 3. The van der Waals surface area contributed by atoms with Gasteiger partial charge in [-0.2, -0.15) is 4.52 Å². The predicted molar refractivity (Wildman–Crippen MR) is 87.7 cm³/mol. The van der Waals surface area contributed by atoms with Gasteiger partial charge in [-0.1, -0.05) is 43.9 Å². The van der Waals surface area contributed by atoms with Crippen LogP contribution in [-0.2, 0) is 6.42 Å². The molecule has 0 amide bonds. The quantitative estimate of drug-likeness (QED) is 0.882. The number of fused-ring (bicyclic) bond motifs is 1.